The van der Waals surface area contributed by atoms with Crippen molar-refractivity contribution in [2.45, 2.75) is 6.42 Å². The van der Waals surface area contributed by atoms with Gasteiger partial charge in [-0.05, 0) is 35.9 Å². The standard InChI is InChI=1S/C26H28N4O2S/c31-25(14-12-23-11-13-24(33-23)21-7-3-1-4-8-21)27-28-26(32)15-16-29-17-19-30(20-18-29)22-9-5-2-6-10-22/h1-14H,15-20H2,(H,27,31)(H,28,32)/b14-12+. The maximum Gasteiger partial charge on any atom is 0.262 e. The number of piperazine rings is 1. The number of hydrogen-bond donors (Lipinski definition) is 2. The van der Waals surface area contributed by atoms with Crippen LogP contribution in [0.5, 0.6) is 0 Å². The number of hydrogen-bond acceptors (Lipinski definition) is 5. The van der Waals surface area contributed by atoms with E-state index in [-0.39, 0.29) is 11.8 Å². The highest BCUT2D eigenvalue weighted by Crippen LogP contribution is 2.28. The van der Waals surface area contributed by atoms with Crippen LogP contribution in [0.1, 0.15) is 11.3 Å². The second-order valence-electron chi connectivity index (χ2n) is 7.85. The Morgan fingerprint density at radius 3 is 2.27 bits per heavy atom. The molecule has 0 unspecified atom stereocenters. The first kappa shape index (κ1) is 22.8. The summed E-state index contributed by atoms with van der Waals surface area (Å²) in [6.07, 6.45) is 3.54. The van der Waals surface area contributed by atoms with Gasteiger partial charge in [-0.15, -0.1) is 11.3 Å². The second-order valence-corrected chi connectivity index (χ2v) is 8.97. The Morgan fingerprint density at radius 1 is 0.848 bits per heavy atom. The van der Waals surface area contributed by atoms with Crippen molar-refractivity contribution in [1.29, 1.82) is 0 Å². The Balaban J connectivity index is 1.14. The van der Waals surface area contributed by atoms with E-state index in [2.05, 4.69) is 57.0 Å². The van der Waals surface area contributed by atoms with Crippen LogP contribution in [0.3, 0.4) is 0 Å². The number of anilines is 1. The van der Waals surface area contributed by atoms with Crippen molar-refractivity contribution in [2.75, 3.05) is 37.6 Å². The first-order chi connectivity index (χ1) is 16.2. The monoisotopic (exact) mass is 460 g/mol. The first-order valence-corrected chi connectivity index (χ1v) is 11.9. The van der Waals surface area contributed by atoms with Gasteiger partial charge in [-0.2, -0.15) is 0 Å². The molecule has 0 spiro atoms. The lowest BCUT2D eigenvalue weighted by Crippen LogP contribution is -2.48. The molecule has 2 heterocycles. The minimum Gasteiger partial charge on any atom is -0.369 e. The van der Waals surface area contributed by atoms with Gasteiger partial charge in [0.1, 0.15) is 0 Å². The molecule has 1 aliphatic rings. The van der Waals surface area contributed by atoms with Crippen molar-refractivity contribution < 1.29 is 9.59 Å². The maximum absolute atomic E-state index is 12.1. The van der Waals surface area contributed by atoms with Crippen LogP contribution in [0.4, 0.5) is 5.69 Å². The average molecular weight is 461 g/mol. The lowest BCUT2D eigenvalue weighted by Gasteiger charge is -2.36. The number of nitrogens with one attached hydrogen (secondary N) is 2. The third-order valence-electron chi connectivity index (χ3n) is 5.56. The summed E-state index contributed by atoms with van der Waals surface area (Å²) in [6, 6.07) is 24.5. The van der Waals surface area contributed by atoms with E-state index in [1.165, 1.54) is 11.8 Å². The zero-order chi connectivity index (χ0) is 22.9. The van der Waals surface area contributed by atoms with Gasteiger partial charge in [0.15, 0.2) is 0 Å². The van der Waals surface area contributed by atoms with Gasteiger partial charge in [-0.3, -0.25) is 25.3 Å². The molecule has 3 aromatic rings. The first-order valence-electron chi connectivity index (χ1n) is 11.1. The molecule has 0 atom stereocenters. The van der Waals surface area contributed by atoms with Crippen molar-refractivity contribution >= 4 is 34.9 Å². The van der Waals surface area contributed by atoms with Crippen LogP contribution in [0.25, 0.3) is 16.5 Å². The van der Waals surface area contributed by atoms with E-state index in [1.807, 2.05) is 36.4 Å². The molecule has 0 saturated carbocycles. The SMILES string of the molecule is O=C(/C=C/c1ccc(-c2ccccc2)s1)NNC(=O)CCN1CCN(c2ccccc2)CC1. The highest BCUT2D eigenvalue weighted by atomic mass is 32.1. The Labute approximate surface area is 198 Å². The van der Waals surface area contributed by atoms with Crippen molar-refractivity contribution in [2.24, 2.45) is 0 Å². The lowest BCUT2D eigenvalue weighted by molar-refractivity contribution is -0.127. The summed E-state index contributed by atoms with van der Waals surface area (Å²) in [5.41, 5.74) is 7.35. The van der Waals surface area contributed by atoms with Gasteiger partial charge in [-0.25, -0.2) is 0 Å². The normalized spacial score (nSPS) is 14.4. The van der Waals surface area contributed by atoms with Gasteiger partial charge in [0.25, 0.3) is 5.91 Å². The van der Waals surface area contributed by atoms with Gasteiger partial charge < -0.3 is 4.90 Å². The fourth-order valence-corrected chi connectivity index (χ4v) is 4.64. The highest BCUT2D eigenvalue weighted by Gasteiger charge is 2.17. The number of benzene rings is 2. The molecule has 1 aliphatic heterocycles. The third-order valence-corrected chi connectivity index (χ3v) is 6.66. The number of nitrogens with zero attached hydrogens (tertiary/aromatic N) is 2. The summed E-state index contributed by atoms with van der Waals surface area (Å²) in [4.78, 5) is 30.9. The molecular formula is C26H28N4O2S. The summed E-state index contributed by atoms with van der Waals surface area (Å²) in [7, 11) is 0. The van der Waals surface area contributed by atoms with Crippen LogP contribution >= 0.6 is 11.3 Å². The average Bonchev–Trinajstić information content (AvgIpc) is 3.35. The largest absolute Gasteiger partial charge is 0.369 e. The fraction of sp³-hybridized carbons (Fsp3) is 0.231. The Hall–Kier alpha value is -3.42. The number of thiophene rings is 1. The number of para-hydroxylation sites is 1. The van der Waals surface area contributed by atoms with Crippen LogP contribution < -0.4 is 15.8 Å². The minimum absolute atomic E-state index is 0.190. The predicted molar refractivity (Wildman–Crippen MR) is 135 cm³/mol. The molecule has 1 aromatic heterocycles. The number of rotatable bonds is 7. The Kier molecular flexibility index (Phi) is 7.90. The third kappa shape index (κ3) is 6.78. The van der Waals surface area contributed by atoms with E-state index >= 15 is 0 Å². The second kappa shape index (κ2) is 11.4. The molecule has 4 rings (SSSR count). The summed E-state index contributed by atoms with van der Waals surface area (Å²) < 4.78 is 0. The molecular weight excluding hydrogens is 432 g/mol. The lowest BCUT2D eigenvalue weighted by atomic mass is 10.2. The van der Waals surface area contributed by atoms with Gasteiger partial charge in [0, 0.05) is 60.7 Å². The zero-order valence-electron chi connectivity index (χ0n) is 18.4. The van der Waals surface area contributed by atoms with Gasteiger partial charge >= 0.3 is 0 Å². The molecule has 2 amide bonds. The van der Waals surface area contributed by atoms with E-state index in [9.17, 15) is 9.59 Å². The van der Waals surface area contributed by atoms with E-state index in [0.29, 0.717) is 13.0 Å². The maximum atomic E-state index is 12.1. The van der Waals surface area contributed by atoms with Crippen molar-refractivity contribution in [1.82, 2.24) is 15.8 Å². The summed E-state index contributed by atoms with van der Waals surface area (Å²) in [5.74, 6) is -0.542. The molecule has 170 valence electrons. The van der Waals surface area contributed by atoms with E-state index < -0.39 is 0 Å². The number of amides is 2. The van der Waals surface area contributed by atoms with Crippen LogP contribution in [-0.2, 0) is 9.59 Å². The minimum atomic E-state index is -0.352. The quantitative estimate of drug-likeness (QED) is 0.416. The molecule has 33 heavy (non-hydrogen) atoms. The predicted octanol–water partition coefficient (Wildman–Crippen LogP) is 3.79. The molecule has 7 heteroatoms. The topological polar surface area (TPSA) is 64.7 Å². The number of carbonyl (C=O) groups excluding carboxylic acids is 2. The molecule has 2 aromatic carbocycles. The summed E-state index contributed by atoms with van der Waals surface area (Å²) >= 11 is 1.61. The van der Waals surface area contributed by atoms with Crippen LogP contribution in [0.2, 0.25) is 0 Å². The smallest absolute Gasteiger partial charge is 0.262 e. The van der Waals surface area contributed by atoms with Gasteiger partial charge in [0.2, 0.25) is 5.91 Å². The van der Waals surface area contributed by atoms with Crippen molar-refractivity contribution in [3.8, 4) is 10.4 Å². The van der Waals surface area contributed by atoms with Crippen molar-refractivity contribution in [3.63, 3.8) is 0 Å². The van der Waals surface area contributed by atoms with E-state index in [1.54, 1.807) is 17.4 Å². The number of carbonyl (C=O) groups is 2. The van der Waals surface area contributed by atoms with Crippen LogP contribution in [0.15, 0.2) is 78.9 Å². The van der Waals surface area contributed by atoms with Crippen LogP contribution in [-0.4, -0.2) is 49.4 Å². The van der Waals surface area contributed by atoms with Crippen LogP contribution in [0, 0.1) is 0 Å². The molecule has 1 fully saturated rings. The summed E-state index contributed by atoms with van der Waals surface area (Å²) in [5, 5.41) is 0. The Morgan fingerprint density at radius 2 is 1.55 bits per heavy atom. The molecule has 6 nitrogen and oxygen atoms in total. The number of hydrazine groups is 1. The van der Waals surface area contributed by atoms with Crippen molar-refractivity contribution in [3.05, 3.63) is 83.7 Å². The van der Waals surface area contributed by atoms with Gasteiger partial charge in [-0.1, -0.05) is 48.5 Å². The molecule has 1 saturated heterocycles. The van der Waals surface area contributed by atoms with E-state index in [0.717, 1.165) is 41.5 Å². The van der Waals surface area contributed by atoms with E-state index in [4.69, 9.17) is 0 Å². The summed E-state index contributed by atoms with van der Waals surface area (Å²) in [6.45, 7) is 4.41. The highest BCUT2D eigenvalue weighted by molar-refractivity contribution is 7.16. The molecule has 0 bridgehead atoms. The molecule has 0 aliphatic carbocycles. The fourth-order valence-electron chi connectivity index (χ4n) is 3.72. The zero-order valence-corrected chi connectivity index (χ0v) is 19.3. The Bertz CT molecular complexity index is 1070. The molecule has 2 N–H and O–H groups in total. The molecule has 0 radical (unpaired) electrons. The van der Waals surface area contributed by atoms with Gasteiger partial charge in [0.05, 0.1) is 0 Å².